The van der Waals surface area contributed by atoms with Gasteiger partial charge < -0.3 is 0 Å². The van der Waals surface area contributed by atoms with E-state index in [1.165, 1.54) is 22.3 Å². The Morgan fingerprint density at radius 1 is 0.667 bits per heavy atom. The standard InChI is InChI=1S/C31H20BrN/c32-24-16-17-27-28(20-24)25-13-7-8-14-26(25)31(27)30-19-23(21-9-3-1-4-10-21)15-18-29(33-30)22-11-5-2-6-12-22/h1-17,19-20,31H. The van der Waals surface area contributed by atoms with Gasteiger partial charge in [0.25, 0.3) is 0 Å². The number of rotatable bonds is 3. The van der Waals surface area contributed by atoms with Crippen LogP contribution in [0.15, 0.2) is 130 Å². The first-order valence-electron chi connectivity index (χ1n) is 11.0. The van der Waals surface area contributed by atoms with Crippen molar-refractivity contribution < 1.29 is 0 Å². The van der Waals surface area contributed by atoms with Crippen molar-refractivity contribution in [3.05, 3.63) is 148 Å². The summed E-state index contributed by atoms with van der Waals surface area (Å²) < 4.78 is 1.09. The summed E-state index contributed by atoms with van der Waals surface area (Å²) in [6, 6.07) is 36.1. The molecule has 0 bridgehead atoms. The molecule has 0 fully saturated rings. The second kappa shape index (κ2) is 8.33. The largest absolute Gasteiger partial charge is 0.243 e. The highest BCUT2D eigenvalue weighted by Crippen LogP contribution is 2.47. The lowest BCUT2D eigenvalue weighted by Crippen LogP contribution is -2.10. The Labute approximate surface area is 202 Å². The van der Waals surface area contributed by atoms with E-state index in [1.54, 1.807) is 0 Å². The lowest BCUT2D eigenvalue weighted by atomic mass is 9.90. The molecular weight excluding hydrogens is 466 g/mol. The minimum absolute atomic E-state index is 0.0648. The topological polar surface area (TPSA) is 12.4 Å². The summed E-state index contributed by atoms with van der Waals surface area (Å²) in [6.45, 7) is 0. The maximum Gasteiger partial charge on any atom is 0.113 e. The second-order valence-electron chi connectivity index (χ2n) is 8.26. The van der Waals surface area contributed by atoms with Crippen molar-refractivity contribution in [1.82, 2.24) is 0 Å². The number of aliphatic imine (C=N–C) groups is 1. The molecule has 2 heteroatoms. The van der Waals surface area contributed by atoms with Crippen molar-refractivity contribution in [2.24, 2.45) is 4.99 Å². The number of benzene rings is 4. The van der Waals surface area contributed by atoms with Crippen LogP contribution in [0.1, 0.15) is 28.2 Å². The lowest BCUT2D eigenvalue weighted by Gasteiger charge is -2.16. The zero-order valence-electron chi connectivity index (χ0n) is 17.9. The maximum atomic E-state index is 5.23. The van der Waals surface area contributed by atoms with Gasteiger partial charge in [0.15, 0.2) is 0 Å². The summed E-state index contributed by atoms with van der Waals surface area (Å²) >= 11 is 3.66. The summed E-state index contributed by atoms with van der Waals surface area (Å²) in [7, 11) is 0. The van der Waals surface area contributed by atoms with Gasteiger partial charge in [0, 0.05) is 10.0 Å². The van der Waals surface area contributed by atoms with Gasteiger partial charge in [-0.25, -0.2) is 4.99 Å². The molecule has 0 aromatic heterocycles. The summed E-state index contributed by atoms with van der Waals surface area (Å²) in [5.74, 6) is 0.0648. The van der Waals surface area contributed by atoms with Gasteiger partial charge in [-0.1, -0.05) is 113 Å². The van der Waals surface area contributed by atoms with Crippen LogP contribution in [-0.4, -0.2) is 5.71 Å². The number of fused-ring (bicyclic) bond motifs is 3. The molecule has 0 saturated heterocycles. The molecule has 0 amide bonds. The third-order valence-electron chi connectivity index (χ3n) is 6.25. The maximum absolute atomic E-state index is 5.23. The van der Waals surface area contributed by atoms with Crippen LogP contribution < -0.4 is 0 Å². The molecule has 2 aliphatic rings. The summed E-state index contributed by atoms with van der Waals surface area (Å²) in [5, 5.41) is 0. The Kier molecular flexibility index (Phi) is 5.03. The normalized spacial score (nSPS) is 16.3. The van der Waals surface area contributed by atoms with Gasteiger partial charge in [0.1, 0.15) is 5.70 Å². The molecule has 1 nitrogen and oxygen atoms in total. The highest BCUT2D eigenvalue weighted by Gasteiger charge is 2.32. The van der Waals surface area contributed by atoms with Gasteiger partial charge in [-0.2, -0.15) is 0 Å². The van der Waals surface area contributed by atoms with Crippen molar-refractivity contribution in [3.8, 4) is 11.1 Å². The molecule has 1 aliphatic heterocycles. The van der Waals surface area contributed by atoms with Crippen molar-refractivity contribution in [1.29, 1.82) is 0 Å². The van der Waals surface area contributed by atoms with Gasteiger partial charge in [0.2, 0.25) is 0 Å². The third-order valence-corrected chi connectivity index (χ3v) is 6.74. The Morgan fingerprint density at radius 3 is 2.12 bits per heavy atom. The van der Waals surface area contributed by atoms with Gasteiger partial charge in [0.05, 0.1) is 11.6 Å². The quantitative estimate of drug-likeness (QED) is 0.258. The number of hydrogen-bond acceptors (Lipinski definition) is 1. The van der Waals surface area contributed by atoms with Crippen LogP contribution in [0.4, 0.5) is 0 Å². The van der Waals surface area contributed by atoms with E-state index in [-0.39, 0.29) is 5.92 Å². The van der Waals surface area contributed by atoms with Crippen molar-refractivity contribution in [2.45, 2.75) is 5.92 Å². The van der Waals surface area contributed by atoms with E-state index in [2.05, 4.69) is 113 Å². The van der Waals surface area contributed by atoms with Crippen LogP contribution in [0.25, 0.3) is 22.4 Å². The number of halogens is 1. The van der Waals surface area contributed by atoms with Crippen LogP contribution >= 0.6 is 15.9 Å². The predicted octanol–water partition coefficient (Wildman–Crippen LogP) is 8.30. The van der Waals surface area contributed by atoms with Crippen LogP contribution in [0.5, 0.6) is 0 Å². The Morgan fingerprint density at radius 2 is 1.33 bits per heavy atom. The lowest BCUT2D eigenvalue weighted by molar-refractivity contribution is 1.13. The molecule has 1 atom stereocenters. The van der Waals surface area contributed by atoms with E-state index in [0.29, 0.717) is 0 Å². The minimum atomic E-state index is 0.0648. The zero-order chi connectivity index (χ0) is 22.2. The second-order valence-corrected chi connectivity index (χ2v) is 9.17. The molecule has 1 unspecified atom stereocenters. The fourth-order valence-electron chi connectivity index (χ4n) is 4.72. The number of hydrogen-bond donors (Lipinski definition) is 0. The molecule has 1 aliphatic carbocycles. The first-order chi connectivity index (χ1) is 16.3. The molecular formula is C31H20BrN. The molecule has 1 heterocycles. The predicted molar refractivity (Wildman–Crippen MR) is 141 cm³/mol. The van der Waals surface area contributed by atoms with E-state index < -0.39 is 0 Å². The van der Waals surface area contributed by atoms with Crippen LogP contribution in [-0.2, 0) is 0 Å². The van der Waals surface area contributed by atoms with E-state index >= 15 is 0 Å². The fraction of sp³-hybridized carbons (Fsp3) is 0.0323. The molecule has 4 aromatic rings. The first-order valence-corrected chi connectivity index (χ1v) is 11.8. The van der Waals surface area contributed by atoms with Gasteiger partial charge in [-0.15, -0.1) is 0 Å². The Hall–Kier alpha value is -3.71. The minimum Gasteiger partial charge on any atom is -0.243 e. The summed E-state index contributed by atoms with van der Waals surface area (Å²) in [5.41, 5.74) is 13.8. The number of allylic oxidation sites excluding steroid dienone is 3. The highest BCUT2D eigenvalue weighted by molar-refractivity contribution is 9.10. The van der Waals surface area contributed by atoms with Gasteiger partial charge in [-0.05, 0) is 57.7 Å². The zero-order valence-corrected chi connectivity index (χ0v) is 19.5. The van der Waals surface area contributed by atoms with Crippen molar-refractivity contribution in [2.75, 3.05) is 0 Å². The van der Waals surface area contributed by atoms with Gasteiger partial charge >= 0.3 is 0 Å². The van der Waals surface area contributed by atoms with Crippen molar-refractivity contribution in [3.63, 3.8) is 0 Å². The van der Waals surface area contributed by atoms with E-state index in [0.717, 1.165) is 32.6 Å². The molecule has 0 radical (unpaired) electrons. The fourth-order valence-corrected chi connectivity index (χ4v) is 5.08. The number of nitrogens with zero attached hydrogens (tertiary/aromatic N) is 1. The molecule has 0 spiro atoms. The smallest absolute Gasteiger partial charge is 0.113 e. The Balaban J connectivity index is 1.59. The average Bonchev–Trinajstić information content (AvgIpc) is 3.03. The average molecular weight is 486 g/mol. The molecule has 33 heavy (non-hydrogen) atoms. The molecule has 156 valence electrons. The van der Waals surface area contributed by atoms with Crippen LogP contribution in [0, 0.1) is 0 Å². The molecule has 6 rings (SSSR count). The summed E-state index contributed by atoms with van der Waals surface area (Å²) in [6.07, 6.45) is 4.30. The van der Waals surface area contributed by atoms with E-state index in [1.807, 2.05) is 24.3 Å². The van der Waals surface area contributed by atoms with Crippen molar-refractivity contribution >= 4 is 32.9 Å². The molecule has 4 aromatic carbocycles. The monoisotopic (exact) mass is 485 g/mol. The summed E-state index contributed by atoms with van der Waals surface area (Å²) in [4.78, 5) is 5.23. The van der Waals surface area contributed by atoms with E-state index in [9.17, 15) is 0 Å². The van der Waals surface area contributed by atoms with E-state index in [4.69, 9.17) is 4.99 Å². The first kappa shape index (κ1) is 19.9. The Bertz CT molecular complexity index is 1490. The highest BCUT2D eigenvalue weighted by atomic mass is 79.9. The van der Waals surface area contributed by atoms with Crippen LogP contribution in [0.2, 0.25) is 0 Å². The third kappa shape index (κ3) is 3.64. The SMILES string of the molecule is Brc1ccc2c(c1)-c1ccccc1C2C1=NC(c2ccccc2)=C=CC(c2ccccc2)=C1. The van der Waals surface area contributed by atoms with Crippen LogP contribution in [0.3, 0.4) is 0 Å². The molecule has 0 N–H and O–H groups in total. The van der Waals surface area contributed by atoms with Gasteiger partial charge in [-0.3, -0.25) is 0 Å². The molecule has 0 saturated carbocycles.